The van der Waals surface area contributed by atoms with E-state index in [2.05, 4.69) is 58.0 Å². The number of benzene rings is 3. The number of likely N-dealkylation sites (N-methyl/N-ethyl adjacent to an activating group) is 2. The summed E-state index contributed by atoms with van der Waals surface area (Å²) in [6, 6.07) is 28.2. The second kappa shape index (κ2) is 18.4. The topological polar surface area (TPSA) is 97.0 Å². The first kappa shape index (κ1) is 40.5. The summed E-state index contributed by atoms with van der Waals surface area (Å²) >= 11 is 1.59. The van der Waals surface area contributed by atoms with Crippen molar-refractivity contribution in [1.29, 1.82) is 0 Å². The van der Waals surface area contributed by atoms with E-state index in [-0.39, 0.29) is 17.8 Å². The van der Waals surface area contributed by atoms with E-state index in [4.69, 9.17) is 9.47 Å². The highest BCUT2D eigenvalue weighted by Gasteiger charge is 2.30. The summed E-state index contributed by atoms with van der Waals surface area (Å²) < 4.78 is 11.4. The van der Waals surface area contributed by atoms with Crippen molar-refractivity contribution in [3.05, 3.63) is 101 Å². The van der Waals surface area contributed by atoms with Crippen LogP contribution in [0.2, 0.25) is 0 Å². The van der Waals surface area contributed by atoms with Gasteiger partial charge < -0.3 is 20.1 Å². The van der Waals surface area contributed by atoms with Gasteiger partial charge in [-0.2, -0.15) is 0 Å². The maximum atomic E-state index is 13.5. The van der Waals surface area contributed by atoms with E-state index in [1.807, 2.05) is 96.4 Å². The summed E-state index contributed by atoms with van der Waals surface area (Å²) in [5.41, 5.74) is 4.83. The highest BCUT2D eigenvalue weighted by Crippen LogP contribution is 2.37. The Kier molecular flexibility index (Phi) is 14.4. The van der Waals surface area contributed by atoms with E-state index in [1.54, 1.807) is 18.4 Å². The summed E-state index contributed by atoms with van der Waals surface area (Å²) in [4.78, 5) is 41.5. The van der Waals surface area contributed by atoms with Crippen LogP contribution in [0.25, 0.3) is 21.6 Å². The van der Waals surface area contributed by atoms with Crippen LogP contribution in [0.4, 0.5) is 5.69 Å². The lowest BCUT2D eigenvalue weighted by molar-refractivity contribution is -0.146. The fourth-order valence-corrected chi connectivity index (χ4v) is 6.68. The van der Waals surface area contributed by atoms with Crippen molar-refractivity contribution in [2.75, 3.05) is 32.6 Å². The average Bonchev–Trinajstić information content (AvgIpc) is 3.58. The minimum Gasteiger partial charge on any atom is -0.465 e. The van der Waals surface area contributed by atoms with Gasteiger partial charge in [0, 0.05) is 32.0 Å². The lowest BCUT2D eigenvalue weighted by atomic mass is 9.88. The largest absolute Gasteiger partial charge is 0.465 e. The zero-order valence-corrected chi connectivity index (χ0v) is 32.8. The maximum Gasteiger partial charge on any atom is 0.305 e. The highest BCUT2D eigenvalue weighted by molar-refractivity contribution is 7.14. The third-order valence-corrected chi connectivity index (χ3v) is 10.1. The van der Waals surface area contributed by atoms with E-state index < -0.39 is 17.1 Å². The predicted molar refractivity (Wildman–Crippen MR) is 212 cm³/mol. The average molecular weight is 726 g/mol. The van der Waals surface area contributed by atoms with E-state index in [9.17, 15) is 14.4 Å². The van der Waals surface area contributed by atoms with Crippen molar-refractivity contribution in [2.24, 2.45) is 11.3 Å². The number of thiophene rings is 1. The molecule has 52 heavy (non-hydrogen) atoms. The minimum atomic E-state index is -0.676. The van der Waals surface area contributed by atoms with Crippen LogP contribution in [0, 0.1) is 11.3 Å². The molecule has 0 saturated heterocycles. The van der Waals surface area contributed by atoms with Gasteiger partial charge in [0.2, 0.25) is 11.8 Å². The van der Waals surface area contributed by atoms with Crippen molar-refractivity contribution in [3.8, 4) is 21.6 Å². The Morgan fingerprint density at radius 3 is 2.21 bits per heavy atom. The van der Waals surface area contributed by atoms with Gasteiger partial charge in [-0.3, -0.25) is 19.3 Å². The lowest BCUT2D eigenvalue weighted by Gasteiger charge is -2.29. The standard InChI is InChI=1S/C43H55N3O5S/c1-30(2)29-50-37(47)21-23-43(5,6)51-25-24-42(3,4)41(49)45-36-22-26-52-39(36)35-16-12-15-34(27-35)32-19-17-31(18-20-32)28-46(8)38(40(48)44-7)33-13-10-9-11-14-33/h9-20,22,26-27,30,38H,21,23-25,28-29H2,1-8H3,(H,44,48)(H,45,49)/t38-/m0/s1. The Hall–Kier alpha value is -4.31. The summed E-state index contributed by atoms with van der Waals surface area (Å²) in [5, 5.41) is 7.98. The number of hydrogen-bond donors (Lipinski definition) is 2. The smallest absolute Gasteiger partial charge is 0.305 e. The van der Waals surface area contributed by atoms with Crippen molar-refractivity contribution in [1.82, 2.24) is 10.2 Å². The quantitative estimate of drug-likeness (QED) is 0.0994. The molecule has 0 aliphatic heterocycles. The molecule has 4 aromatic rings. The van der Waals surface area contributed by atoms with E-state index in [0.717, 1.165) is 38.4 Å². The first-order valence-electron chi connectivity index (χ1n) is 18.0. The van der Waals surface area contributed by atoms with Crippen molar-refractivity contribution >= 4 is 34.8 Å². The molecule has 8 nitrogen and oxygen atoms in total. The molecule has 2 N–H and O–H groups in total. The van der Waals surface area contributed by atoms with Gasteiger partial charge in [-0.1, -0.05) is 100 Å². The Labute approximate surface area is 313 Å². The monoisotopic (exact) mass is 725 g/mol. The fourth-order valence-electron chi connectivity index (χ4n) is 5.83. The molecular weight excluding hydrogens is 671 g/mol. The van der Waals surface area contributed by atoms with E-state index in [1.165, 1.54) is 0 Å². The number of carbonyl (C=O) groups is 3. The maximum absolute atomic E-state index is 13.5. The van der Waals surface area contributed by atoms with Crippen LogP contribution in [-0.2, 0) is 30.4 Å². The van der Waals surface area contributed by atoms with Crippen LogP contribution in [0.15, 0.2) is 90.3 Å². The molecule has 2 amide bonds. The first-order chi connectivity index (χ1) is 24.7. The van der Waals surface area contributed by atoms with Crippen LogP contribution in [0.5, 0.6) is 0 Å². The molecule has 0 bridgehead atoms. The minimum absolute atomic E-state index is 0.0441. The molecule has 0 saturated carbocycles. The molecule has 1 heterocycles. The molecule has 0 spiro atoms. The number of nitrogens with zero attached hydrogens (tertiary/aromatic N) is 1. The molecular formula is C43H55N3O5S. The van der Waals surface area contributed by atoms with Crippen LogP contribution in [-0.4, -0.2) is 55.6 Å². The van der Waals surface area contributed by atoms with Gasteiger partial charge in [0.15, 0.2) is 0 Å². The number of anilines is 1. The van der Waals surface area contributed by atoms with Gasteiger partial charge in [0.1, 0.15) is 6.04 Å². The molecule has 0 aliphatic carbocycles. The Bertz CT molecular complexity index is 1760. The lowest BCUT2D eigenvalue weighted by Crippen LogP contribution is -2.36. The number of esters is 1. The van der Waals surface area contributed by atoms with Crippen molar-refractivity contribution in [2.45, 2.75) is 79.0 Å². The third-order valence-electron chi connectivity index (χ3n) is 9.15. The summed E-state index contributed by atoms with van der Waals surface area (Å²) in [6.07, 6.45) is 1.37. The summed E-state index contributed by atoms with van der Waals surface area (Å²) in [7, 11) is 3.64. The normalized spacial score (nSPS) is 12.5. The third kappa shape index (κ3) is 11.6. The van der Waals surface area contributed by atoms with Crippen LogP contribution < -0.4 is 10.6 Å². The van der Waals surface area contributed by atoms with Crippen LogP contribution in [0.1, 0.15) is 78.0 Å². The molecule has 0 fully saturated rings. The van der Waals surface area contributed by atoms with Gasteiger partial charge in [0.05, 0.1) is 22.8 Å². The van der Waals surface area contributed by atoms with Gasteiger partial charge in [-0.15, -0.1) is 11.3 Å². The fraction of sp³-hybridized carbons (Fsp3) is 0.419. The van der Waals surface area contributed by atoms with Crippen molar-refractivity contribution in [3.63, 3.8) is 0 Å². The summed E-state index contributed by atoms with van der Waals surface area (Å²) in [6.45, 7) is 13.2. The van der Waals surface area contributed by atoms with E-state index in [0.29, 0.717) is 44.9 Å². The zero-order chi connectivity index (χ0) is 37.9. The second-order valence-electron chi connectivity index (χ2n) is 15.1. The molecule has 3 aromatic carbocycles. The number of rotatable bonds is 18. The molecule has 4 rings (SSSR count). The first-order valence-corrected chi connectivity index (χ1v) is 18.9. The van der Waals surface area contributed by atoms with Gasteiger partial charge in [-0.05, 0) is 85.0 Å². The zero-order valence-electron chi connectivity index (χ0n) is 32.0. The van der Waals surface area contributed by atoms with Gasteiger partial charge >= 0.3 is 5.97 Å². The van der Waals surface area contributed by atoms with Crippen LogP contribution in [0.3, 0.4) is 0 Å². The number of ether oxygens (including phenoxy) is 2. The number of nitrogens with one attached hydrogen (secondary N) is 2. The molecule has 0 radical (unpaired) electrons. The number of hydrogen-bond acceptors (Lipinski definition) is 7. The van der Waals surface area contributed by atoms with Gasteiger partial charge in [0.25, 0.3) is 0 Å². The predicted octanol–water partition coefficient (Wildman–Crippen LogP) is 9.13. The Morgan fingerprint density at radius 1 is 0.846 bits per heavy atom. The Balaban J connectivity index is 1.36. The van der Waals surface area contributed by atoms with Crippen molar-refractivity contribution < 1.29 is 23.9 Å². The van der Waals surface area contributed by atoms with Crippen LogP contribution >= 0.6 is 11.3 Å². The molecule has 1 atom stereocenters. The molecule has 9 heteroatoms. The number of carbonyl (C=O) groups excluding carboxylic acids is 3. The highest BCUT2D eigenvalue weighted by atomic mass is 32.1. The number of amides is 2. The van der Waals surface area contributed by atoms with Gasteiger partial charge in [-0.25, -0.2) is 0 Å². The summed E-state index contributed by atoms with van der Waals surface area (Å²) in [5.74, 6) is -0.0280. The SMILES string of the molecule is CNC(=O)[C@H](c1ccccc1)N(C)Cc1ccc(-c2cccc(-c3sccc3NC(=O)C(C)(C)CCOC(C)(C)CCC(=O)OCC(C)C)c2)cc1. The second-order valence-corrected chi connectivity index (χ2v) is 16.0. The Morgan fingerprint density at radius 2 is 1.54 bits per heavy atom. The molecule has 0 aliphatic rings. The molecule has 1 aromatic heterocycles. The molecule has 0 unspecified atom stereocenters. The molecule has 278 valence electrons. The van der Waals surface area contributed by atoms with E-state index >= 15 is 0 Å².